The molecule has 1 aliphatic heterocycles. The number of nitrogens with zero attached hydrogens (tertiary/aromatic N) is 4. The van der Waals surface area contributed by atoms with Crippen molar-refractivity contribution < 1.29 is 17.9 Å². The minimum Gasteiger partial charge on any atom is -0.492 e. The normalized spacial score (nSPS) is 15.5. The number of rotatable bonds is 11. The zero-order valence-corrected chi connectivity index (χ0v) is 24.6. The van der Waals surface area contributed by atoms with Gasteiger partial charge < -0.3 is 9.64 Å². The highest BCUT2D eigenvalue weighted by molar-refractivity contribution is 7.91. The Morgan fingerprint density at radius 1 is 1.11 bits per heavy atom. The van der Waals surface area contributed by atoms with Gasteiger partial charge in [-0.3, -0.25) is 9.69 Å². The summed E-state index contributed by atoms with van der Waals surface area (Å²) < 4.78 is 34.9. The number of carbonyl (C=O) groups excluding carboxylic acids is 1. The number of hydrogen-bond donors (Lipinski definition) is 0. The molecule has 0 bridgehead atoms. The molecule has 1 amide bonds. The number of ether oxygens (including phenoxy) is 1. The van der Waals surface area contributed by atoms with Crippen molar-refractivity contribution in [1.29, 1.82) is 0 Å². The van der Waals surface area contributed by atoms with Gasteiger partial charge in [0.15, 0.2) is 5.13 Å². The summed E-state index contributed by atoms with van der Waals surface area (Å²) in [6.07, 6.45) is 0.933. The Morgan fingerprint density at radius 2 is 1.84 bits per heavy atom. The number of carbonyl (C=O) groups is 1. The van der Waals surface area contributed by atoms with E-state index in [2.05, 4.69) is 18.7 Å². The number of halogens is 1. The topological polar surface area (TPSA) is 83.0 Å². The summed E-state index contributed by atoms with van der Waals surface area (Å²) in [5, 5.41) is 0.655. The number of para-hydroxylation sites is 1. The zero-order chi connectivity index (χ0) is 26.6. The first-order valence-corrected chi connectivity index (χ1v) is 16.0. The number of sulfonamides is 1. The number of thiophene rings is 1. The predicted octanol–water partition coefficient (Wildman–Crippen LogP) is 5.19. The Morgan fingerprint density at radius 3 is 2.46 bits per heavy atom. The first-order chi connectivity index (χ1) is 17.8. The number of amides is 1. The highest BCUT2D eigenvalue weighted by Crippen LogP contribution is 2.36. The van der Waals surface area contributed by atoms with Gasteiger partial charge in [-0.1, -0.05) is 42.9 Å². The number of benzene rings is 1. The van der Waals surface area contributed by atoms with Crippen molar-refractivity contribution in [3.05, 3.63) is 34.7 Å². The van der Waals surface area contributed by atoms with Crippen molar-refractivity contribution in [2.45, 2.75) is 37.8 Å². The number of piperidine rings is 1. The van der Waals surface area contributed by atoms with Crippen molar-refractivity contribution >= 4 is 65.6 Å². The van der Waals surface area contributed by atoms with Gasteiger partial charge in [0, 0.05) is 32.1 Å². The molecule has 202 valence electrons. The van der Waals surface area contributed by atoms with Gasteiger partial charge in [0.2, 0.25) is 5.91 Å². The molecule has 4 rings (SSSR count). The second-order valence-electron chi connectivity index (χ2n) is 8.79. The molecule has 0 aliphatic carbocycles. The standard InChI is InChI=1S/C25H33ClN4O4S3/c1-4-28(5-2)16-17-30(25-27-23-19(34-6-3)8-7-9-20(23)35-25)24(31)18-12-14-29(15-13-18)37(32,33)22-11-10-21(26)36-22/h7-11,18H,4-6,12-17H2,1-3H3. The lowest BCUT2D eigenvalue weighted by Gasteiger charge is -2.33. The van der Waals surface area contributed by atoms with Crippen LogP contribution in [0.1, 0.15) is 33.6 Å². The van der Waals surface area contributed by atoms with E-state index in [1.165, 1.54) is 21.7 Å². The van der Waals surface area contributed by atoms with Crippen LogP contribution < -0.4 is 9.64 Å². The van der Waals surface area contributed by atoms with E-state index < -0.39 is 10.0 Å². The molecule has 3 heterocycles. The lowest BCUT2D eigenvalue weighted by Crippen LogP contribution is -2.46. The van der Waals surface area contributed by atoms with Crippen LogP contribution >= 0.6 is 34.3 Å². The van der Waals surface area contributed by atoms with E-state index in [0.29, 0.717) is 54.3 Å². The van der Waals surface area contributed by atoms with Gasteiger partial charge in [-0.25, -0.2) is 13.4 Å². The van der Waals surface area contributed by atoms with Crippen molar-refractivity contribution in [3.63, 3.8) is 0 Å². The van der Waals surface area contributed by atoms with Crippen LogP contribution in [0.4, 0.5) is 5.13 Å². The zero-order valence-electron chi connectivity index (χ0n) is 21.4. The third-order valence-corrected chi connectivity index (χ3v) is 11.3. The number of likely N-dealkylation sites (N-methyl/N-ethyl adjacent to an activating group) is 1. The van der Waals surface area contributed by atoms with Gasteiger partial charge in [-0.2, -0.15) is 4.31 Å². The molecule has 1 aromatic carbocycles. The summed E-state index contributed by atoms with van der Waals surface area (Å²) in [5.74, 6) is 0.444. The van der Waals surface area contributed by atoms with Crippen LogP contribution in [0.2, 0.25) is 4.34 Å². The van der Waals surface area contributed by atoms with E-state index in [-0.39, 0.29) is 16.0 Å². The molecule has 0 atom stereocenters. The van der Waals surface area contributed by atoms with Crippen LogP contribution in [0, 0.1) is 5.92 Å². The number of fused-ring (bicyclic) bond motifs is 1. The second kappa shape index (κ2) is 12.4. The Hall–Kier alpha value is -1.76. The van der Waals surface area contributed by atoms with Gasteiger partial charge in [-0.05, 0) is 57.1 Å². The van der Waals surface area contributed by atoms with Crippen LogP contribution in [0.25, 0.3) is 10.2 Å². The number of thiazole rings is 1. The van der Waals surface area contributed by atoms with E-state index in [9.17, 15) is 13.2 Å². The summed E-state index contributed by atoms with van der Waals surface area (Å²) in [6.45, 7) is 10.3. The number of anilines is 1. The van der Waals surface area contributed by atoms with Crippen LogP contribution in [0.3, 0.4) is 0 Å². The van der Waals surface area contributed by atoms with E-state index in [1.807, 2.05) is 25.1 Å². The Balaban J connectivity index is 1.54. The monoisotopic (exact) mass is 584 g/mol. The molecule has 0 spiro atoms. The van der Waals surface area contributed by atoms with Crippen LogP contribution in [-0.4, -0.2) is 74.4 Å². The Kier molecular flexibility index (Phi) is 9.47. The fraction of sp³-hybridized carbons (Fsp3) is 0.520. The van der Waals surface area contributed by atoms with Gasteiger partial charge in [0.05, 0.1) is 15.6 Å². The van der Waals surface area contributed by atoms with Gasteiger partial charge in [-0.15, -0.1) is 11.3 Å². The molecule has 0 unspecified atom stereocenters. The van der Waals surface area contributed by atoms with E-state index in [0.717, 1.165) is 41.2 Å². The van der Waals surface area contributed by atoms with Crippen molar-refractivity contribution in [2.75, 3.05) is 50.8 Å². The average Bonchev–Trinajstić information content (AvgIpc) is 3.54. The van der Waals surface area contributed by atoms with Crippen molar-refractivity contribution in [1.82, 2.24) is 14.2 Å². The van der Waals surface area contributed by atoms with Crippen LogP contribution in [0.15, 0.2) is 34.5 Å². The molecule has 37 heavy (non-hydrogen) atoms. The molecular weight excluding hydrogens is 552 g/mol. The van der Waals surface area contributed by atoms with Crippen LogP contribution in [0.5, 0.6) is 5.75 Å². The minimum atomic E-state index is -3.61. The molecule has 1 saturated heterocycles. The highest BCUT2D eigenvalue weighted by Gasteiger charge is 2.35. The molecule has 2 aromatic heterocycles. The molecule has 0 N–H and O–H groups in total. The first kappa shape index (κ1) is 28.3. The third-order valence-electron chi connectivity index (χ3n) is 6.65. The molecule has 3 aromatic rings. The molecule has 8 nitrogen and oxygen atoms in total. The van der Waals surface area contributed by atoms with E-state index in [4.69, 9.17) is 21.3 Å². The van der Waals surface area contributed by atoms with Gasteiger partial charge in [0.25, 0.3) is 10.0 Å². The maximum Gasteiger partial charge on any atom is 0.252 e. The Labute approximate surface area is 231 Å². The summed E-state index contributed by atoms with van der Waals surface area (Å²) in [4.78, 5) is 22.8. The molecule has 1 fully saturated rings. The highest BCUT2D eigenvalue weighted by atomic mass is 35.5. The quantitative estimate of drug-likeness (QED) is 0.309. The van der Waals surface area contributed by atoms with Crippen LogP contribution in [-0.2, 0) is 14.8 Å². The van der Waals surface area contributed by atoms with E-state index >= 15 is 0 Å². The average molecular weight is 585 g/mol. The fourth-order valence-corrected chi connectivity index (χ4v) is 8.63. The maximum absolute atomic E-state index is 13.9. The third kappa shape index (κ3) is 6.29. The summed E-state index contributed by atoms with van der Waals surface area (Å²) >= 11 is 8.51. The largest absolute Gasteiger partial charge is 0.492 e. The smallest absolute Gasteiger partial charge is 0.252 e. The number of aromatic nitrogens is 1. The fourth-order valence-electron chi connectivity index (χ4n) is 4.51. The predicted molar refractivity (Wildman–Crippen MR) is 152 cm³/mol. The van der Waals surface area contributed by atoms with Crippen molar-refractivity contribution in [2.24, 2.45) is 5.92 Å². The SMILES string of the molecule is CCOc1cccc2sc(N(CCN(CC)CC)C(=O)C3CCN(S(=O)(=O)c4ccc(Cl)s4)CC3)nc12. The second-order valence-corrected chi connectivity index (χ2v) is 13.7. The van der Waals surface area contributed by atoms with E-state index in [1.54, 1.807) is 11.0 Å². The van der Waals surface area contributed by atoms with Gasteiger partial charge in [0.1, 0.15) is 15.5 Å². The molecule has 0 radical (unpaired) electrons. The van der Waals surface area contributed by atoms with Gasteiger partial charge >= 0.3 is 0 Å². The molecule has 12 heteroatoms. The summed E-state index contributed by atoms with van der Waals surface area (Å²) in [6, 6.07) is 8.96. The van der Waals surface area contributed by atoms with Crippen molar-refractivity contribution in [3.8, 4) is 5.75 Å². The molecular formula is C25H33ClN4O4S3. The Bertz CT molecular complexity index is 1310. The summed E-state index contributed by atoms with van der Waals surface area (Å²) in [7, 11) is -3.61. The number of hydrogen-bond acceptors (Lipinski definition) is 8. The summed E-state index contributed by atoms with van der Waals surface area (Å²) in [5.41, 5.74) is 0.764. The molecule has 0 saturated carbocycles. The lowest BCUT2D eigenvalue weighted by atomic mass is 9.96. The molecule has 1 aliphatic rings. The first-order valence-electron chi connectivity index (χ1n) is 12.6. The minimum absolute atomic E-state index is 0.000359. The maximum atomic E-state index is 13.9. The lowest BCUT2D eigenvalue weighted by molar-refractivity contribution is -0.123.